The topological polar surface area (TPSA) is 92.2 Å². The number of nitrogens with zero attached hydrogens (tertiary/aromatic N) is 4. The number of carbonyl (C=O) groups excluding carboxylic acids is 1. The van der Waals surface area contributed by atoms with Crippen molar-refractivity contribution < 1.29 is 17.9 Å². The largest absolute Gasteiger partial charge is 0.443 e. The summed E-state index contributed by atoms with van der Waals surface area (Å²) in [4.78, 5) is 18.0. The Bertz CT molecular complexity index is 930. The summed E-state index contributed by atoms with van der Waals surface area (Å²) >= 11 is 5.78. The molecule has 0 fully saturated rings. The molecule has 0 saturated carbocycles. The van der Waals surface area contributed by atoms with Gasteiger partial charge in [-0.2, -0.15) is 8.42 Å². The first-order valence-corrected chi connectivity index (χ1v) is 9.48. The molecule has 0 radical (unpaired) electrons. The molecule has 1 aromatic heterocycles. The number of halogens is 1. The van der Waals surface area contributed by atoms with Crippen molar-refractivity contribution in [1.29, 1.82) is 0 Å². The normalized spacial score (nSPS) is 18.3. The van der Waals surface area contributed by atoms with E-state index in [1.807, 2.05) is 0 Å². The van der Waals surface area contributed by atoms with Crippen LogP contribution in [0.25, 0.3) is 0 Å². The average molecular weight is 397 g/mol. The van der Waals surface area contributed by atoms with Crippen LogP contribution >= 0.6 is 11.6 Å². The molecule has 0 saturated heterocycles. The summed E-state index contributed by atoms with van der Waals surface area (Å²) in [6.07, 6.45) is 5.40. The van der Waals surface area contributed by atoms with Crippen LogP contribution in [-0.2, 0) is 21.5 Å². The maximum atomic E-state index is 12.4. The summed E-state index contributed by atoms with van der Waals surface area (Å²) in [5.74, 6) is 0.147. The summed E-state index contributed by atoms with van der Waals surface area (Å²) in [5, 5.41) is 0.361. The summed E-state index contributed by atoms with van der Waals surface area (Å²) in [6.45, 7) is 5.29. The Balaban J connectivity index is 1.89. The minimum Gasteiger partial charge on any atom is -0.443 e. The van der Waals surface area contributed by atoms with E-state index < -0.39 is 21.9 Å². The molecule has 26 heavy (non-hydrogen) atoms. The SMILES string of the molecule is CC(C)(C)OC(=O)N1C2=CC=CN(Cc3ccc(Cl)nc3)C2=NS1(=O)=O. The summed E-state index contributed by atoms with van der Waals surface area (Å²) in [6, 6.07) is 3.41. The number of rotatable bonds is 2. The van der Waals surface area contributed by atoms with E-state index in [0.717, 1.165) is 5.56 Å². The molecule has 3 rings (SSSR count). The Hall–Kier alpha value is -2.39. The number of hydrogen-bond donors (Lipinski definition) is 0. The van der Waals surface area contributed by atoms with Crippen molar-refractivity contribution in [3.05, 3.63) is 53.1 Å². The molecule has 0 aliphatic carbocycles. The van der Waals surface area contributed by atoms with E-state index in [1.165, 1.54) is 6.08 Å². The lowest BCUT2D eigenvalue weighted by atomic mass is 10.2. The number of carbonyl (C=O) groups is 1. The number of allylic oxidation sites excluding steroid dienone is 2. The van der Waals surface area contributed by atoms with Gasteiger partial charge in [-0.1, -0.05) is 17.7 Å². The van der Waals surface area contributed by atoms with Crippen LogP contribution in [0.1, 0.15) is 26.3 Å². The van der Waals surface area contributed by atoms with Gasteiger partial charge in [-0.15, -0.1) is 8.70 Å². The first-order chi connectivity index (χ1) is 12.1. The van der Waals surface area contributed by atoms with E-state index in [4.69, 9.17) is 16.3 Å². The van der Waals surface area contributed by atoms with Gasteiger partial charge in [-0.05, 0) is 44.6 Å². The molecule has 3 heterocycles. The predicted octanol–water partition coefficient (Wildman–Crippen LogP) is 2.84. The van der Waals surface area contributed by atoms with Crippen LogP contribution in [0.3, 0.4) is 0 Å². The van der Waals surface area contributed by atoms with Crippen molar-refractivity contribution in [3.8, 4) is 0 Å². The monoisotopic (exact) mass is 396 g/mol. The number of pyridine rings is 1. The molecule has 1 aromatic rings. The summed E-state index contributed by atoms with van der Waals surface area (Å²) in [7, 11) is -4.21. The van der Waals surface area contributed by atoms with Crippen LogP contribution < -0.4 is 0 Å². The van der Waals surface area contributed by atoms with Gasteiger partial charge in [-0.25, -0.2) is 9.78 Å². The maximum absolute atomic E-state index is 12.4. The highest BCUT2D eigenvalue weighted by Gasteiger charge is 2.44. The molecule has 138 valence electrons. The molecule has 10 heteroatoms. The number of amides is 1. The lowest BCUT2D eigenvalue weighted by Gasteiger charge is -2.27. The zero-order valence-corrected chi connectivity index (χ0v) is 16.0. The van der Waals surface area contributed by atoms with Gasteiger partial charge < -0.3 is 9.64 Å². The molecule has 8 nitrogen and oxygen atoms in total. The summed E-state index contributed by atoms with van der Waals surface area (Å²) < 4.78 is 34.3. The lowest BCUT2D eigenvalue weighted by Crippen LogP contribution is -2.39. The van der Waals surface area contributed by atoms with Crippen LogP contribution in [0.2, 0.25) is 5.15 Å². The molecular weight excluding hydrogens is 380 g/mol. The fraction of sp³-hybridized carbons (Fsp3) is 0.312. The molecule has 0 unspecified atom stereocenters. The van der Waals surface area contributed by atoms with Crippen LogP contribution in [0.5, 0.6) is 0 Å². The van der Waals surface area contributed by atoms with Crippen molar-refractivity contribution >= 4 is 33.7 Å². The van der Waals surface area contributed by atoms with E-state index in [9.17, 15) is 13.2 Å². The third-order valence-corrected chi connectivity index (χ3v) is 4.81. The highest BCUT2D eigenvalue weighted by atomic mass is 35.5. The highest BCUT2D eigenvalue weighted by Crippen LogP contribution is 2.30. The maximum Gasteiger partial charge on any atom is 0.430 e. The fourth-order valence-electron chi connectivity index (χ4n) is 2.38. The van der Waals surface area contributed by atoms with Gasteiger partial charge in [0, 0.05) is 12.4 Å². The van der Waals surface area contributed by atoms with E-state index in [-0.39, 0.29) is 11.5 Å². The summed E-state index contributed by atoms with van der Waals surface area (Å²) in [5.41, 5.74) is 0.106. The lowest BCUT2D eigenvalue weighted by molar-refractivity contribution is 0.0437. The zero-order chi connectivity index (χ0) is 19.1. The Morgan fingerprint density at radius 2 is 2.04 bits per heavy atom. The van der Waals surface area contributed by atoms with Crippen molar-refractivity contribution in [2.24, 2.45) is 4.40 Å². The van der Waals surface area contributed by atoms with Crippen LogP contribution in [0, 0.1) is 0 Å². The van der Waals surface area contributed by atoms with Crippen molar-refractivity contribution in [1.82, 2.24) is 14.2 Å². The number of aromatic nitrogens is 1. The standard InChI is InChI=1S/C16H17ClN4O4S/c1-16(2,3)25-15(22)21-12-5-4-8-20(14(12)19-26(21,23)24)10-11-6-7-13(17)18-9-11/h4-9H,10H2,1-3H3. The van der Waals surface area contributed by atoms with Crippen LogP contribution in [0.15, 0.2) is 46.8 Å². The Morgan fingerprint density at radius 1 is 1.31 bits per heavy atom. The van der Waals surface area contributed by atoms with Crippen molar-refractivity contribution in [2.45, 2.75) is 32.9 Å². The van der Waals surface area contributed by atoms with Gasteiger partial charge in [0.1, 0.15) is 16.5 Å². The van der Waals surface area contributed by atoms with Crippen molar-refractivity contribution in [3.63, 3.8) is 0 Å². The molecule has 0 atom stereocenters. The van der Waals surface area contributed by atoms with E-state index >= 15 is 0 Å². The molecule has 1 amide bonds. The Kier molecular flexibility index (Phi) is 4.53. The predicted molar refractivity (Wildman–Crippen MR) is 96.4 cm³/mol. The Morgan fingerprint density at radius 3 is 2.65 bits per heavy atom. The Labute approximate surface area is 156 Å². The molecule has 2 aliphatic rings. The molecular formula is C16H17ClN4O4S. The third kappa shape index (κ3) is 3.73. The number of fused-ring (bicyclic) bond motifs is 1. The first kappa shape index (κ1) is 18.4. The second-order valence-electron chi connectivity index (χ2n) is 6.65. The van der Waals surface area contributed by atoms with Gasteiger partial charge in [0.15, 0.2) is 5.84 Å². The molecule has 0 N–H and O–H groups in total. The second kappa shape index (κ2) is 6.40. The quantitative estimate of drug-likeness (QED) is 0.714. The van der Waals surface area contributed by atoms with Crippen LogP contribution in [-0.4, -0.2) is 40.1 Å². The van der Waals surface area contributed by atoms with E-state index in [1.54, 1.807) is 56.3 Å². The average Bonchev–Trinajstić information content (AvgIpc) is 2.79. The zero-order valence-electron chi connectivity index (χ0n) is 14.4. The van der Waals surface area contributed by atoms with Gasteiger partial charge in [0.2, 0.25) is 0 Å². The molecule has 0 aromatic carbocycles. The van der Waals surface area contributed by atoms with Gasteiger partial charge in [-0.3, -0.25) is 0 Å². The fourth-order valence-corrected chi connectivity index (χ4v) is 3.61. The van der Waals surface area contributed by atoms with Gasteiger partial charge >= 0.3 is 16.3 Å². The third-order valence-electron chi connectivity index (χ3n) is 3.37. The van der Waals surface area contributed by atoms with Crippen molar-refractivity contribution in [2.75, 3.05) is 0 Å². The molecule has 0 bridgehead atoms. The number of hydrogen-bond acceptors (Lipinski definition) is 6. The van der Waals surface area contributed by atoms with E-state index in [0.29, 0.717) is 16.0 Å². The molecule has 2 aliphatic heterocycles. The van der Waals surface area contributed by atoms with Gasteiger partial charge in [0.25, 0.3) is 0 Å². The minimum absolute atomic E-state index is 0.142. The first-order valence-electron chi connectivity index (χ1n) is 7.71. The number of ether oxygens (including phenoxy) is 1. The van der Waals surface area contributed by atoms with E-state index in [2.05, 4.69) is 9.38 Å². The van der Waals surface area contributed by atoms with Gasteiger partial charge in [0.05, 0.1) is 6.54 Å². The smallest absolute Gasteiger partial charge is 0.430 e. The highest BCUT2D eigenvalue weighted by molar-refractivity contribution is 7.89. The number of amidine groups is 1. The second-order valence-corrected chi connectivity index (χ2v) is 8.48. The molecule has 0 spiro atoms. The minimum atomic E-state index is -4.21. The van der Waals surface area contributed by atoms with Crippen LogP contribution in [0.4, 0.5) is 4.79 Å².